The Labute approximate surface area is 115 Å². The lowest BCUT2D eigenvalue weighted by Gasteiger charge is -2.34. The Kier molecular flexibility index (Phi) is 7.48. The molecule has 1 aliphatic heterocycles. The first-order valence-corrected chi connectivity index (χ1v) is 7.33. The third kappa shape index (κ3) is 6.05. The monoisotopic (exact) mass is 270 g/mol. The number of piperazine rings is 1. The number of hydrogen-bond acceptors (Lipinski definition) is 4. The number of nitrogens with zero attached hydrogens (tertiary/aromatic N) is 2. The van der Waals surface area contributed by atoms with E-state index in [1.165, 1.54) is 0 Å². The minimum Gasteiger partial charge on any atom is -0.464 e. The van der Waals surface area contributed by atoms with Crippen molar-refractivity contribution in [2.24, 2.45) is 0 Å². The SMILES string of the molecule is CCCC(=O)OCCN1CCN(C(=O)CCC)CC1. The van der Waals surface area contributed by atoms with E-state index in [2.05, 4.69) is 4.90 Å². The van der Waals surface area contributed by atoms with E-state index >= 15 is 0 Å². The van der Waals surface area contributed by atoms with Gasteiger partial charge in [-0.15, -0.1) is 0 Å². The summed E-state index contributed by atoms with van der Waals surface area (Å²) in [7, 11) is 0. The molecule has 1 rings (SSSR count). The molecule has 1 fully saturated rings. The average molecular weight is 270 g/mol. The van der Waals surface area contributed by atoms with Crippen LogP contribution in [0.3, 0.4) is 0 Å². The van der Waals surface area contributed by atoms with E-state index in [0.29, 0.717) is 19.4 Å². The van der Waals surface area contributed by atoms with E-state index in [1.807, 2.05) is 18.7 Å². The maximum Gasteiger partial charge on any atom is 0.305 e. The van der Waals surface area contributed by atoms with Crippen LogP contribution in [0.25, 0.3) is 0 Å². The fraction of sp³-hybridized carbons (Fsp3) is 0.857. The average Bonchev–Trinajstić information content (AvgIpc) is 2.40. The maximum atomic E-state index is 11.7. The van der Waals surface area contributed by atoms with Crippen molar-refractivity contribution in [2.45, 2.75) is 39.5 Å². The van der Waals surface area contributed by atoms with Gasteiger partial charge in [0.1, 0.15) is 6.61 Å². The Balaban J connectivity index is 2.13. The van der Waals surface area contributed by atoms with Gasteiger partial charge in [0.25, 0.3) is 0 Å². The zero-order valence-electron chi connectivity index (χ0n) is 12.2. The van der Waals surface area contributed by atoms with Gasteiger partial charge < -0.3 is 9.64 Å². The summed E-state index contributed by atoms with van der Waals surface area (Å²) in [6.45, 7) is 8.56. The zero-order chi connectivity index (χ0) is 14.1. The smallest absolute Gasteiger partial charge is 0.305 e. The molecule has 1 aliphatic rings. The third-order valence-corrected chi connectivity index (χ3v) is 3.31. The van der Waals surface area contributed by atoms with Crippen molar-refractivity contribution in [3.05, 3.63) is 0 Å². The van der Waals surface area contributed by atoms with Crippen LogP contribution < -0.4 is 0 Å². The number of carbonyl (C=O) groups is 2. The normalized spacial score (nSPS) is 16.4. The van der Waals surface area contributed by atoms with Gasteiger partial charge in [-0.2, -0.15) is 0 Å². The Hall–Kier alpha value is -1.10. The molecule has 0 N–H and O–H groups in total. The molecule has 0 aliphatic carbocycles. The van der Waals surface area contributed by atoms with Crippen LogP contribution in [0, 0.1) is 0 Å². The minimum atomic E-state index is -0.112. The Morgan fingerprint density at radius 1 is 1.00 bits per heavy atom. The molecule has 0 radical (unpaired) electrons. The Morgan fingerprint density at radius 2 is 1.63 bits per heavy atom. The number of esters is 1. The molecule has 0 aromatic rings. The Bertz CT molecular complexity index is 284. The van der Waals surface area contributed by atoms with Crippen LogP contribution in [-0.2, 0) is 14.3 Å². The molecule has 0 aromatic heterocycles. The van der Waals surface area contributed by atoms with Gasteiger partial charge in [-0.05, 0) is 12.8 Å². The fourth-order valence-electron chi connectivity index (χ4n) is 2.16. The number of carbonyl (C=O) groups excluding carboxylic acids is 2. The van der Waals surface area contributed by atoms with Crippen LogP contribution in [0.5, 0.6) is 0 Å². The fourth-order valence-corrected chi connectivity index (χ4v) is 2.16. The van der Waals surface area contributed by atoms with E-state index in [9.17, 15) is 9.59 Å². The first-order valence-electron chi connectivity index (χ1n) is 7.33. The van der Waals surface area contributed by atoms with E-state index in [4.69, 9.17) is 4.74 Å². The lowest BCUT2D eigenvalue weighted by molar-refractivity contribution is -0.144. The molecule has 110 valence electrons. The molecule has 19 heavy (non-hydrogen) atoms. The number of rotatable bonds is 7. The second-order valence-electron chi connectivity index (χ2n) is 4.94. The van der Waals surface area contributed by atoms with Crippen LogP contribution in [0.15, 0.2) is 0 Å². The molecule has 5 nitrogen and oxygen atoms in total. The topological polar surface area (TPSA) is 49.9 Å². The Morgan fingerprint density at radius 3 is 2.21 bits per heavy atom. The van der Waals surface area contributed by atoms with Crippen molar-refractivity contribution in [1.82, 2.24) is 9.80 Å². The minimum absolute atomic E-state index is 0.112. The third-order valence-electron chi connectivity index (χ3n) is 3.31. The van der Waals surface area contributed by atoms with E-state index in [-0.39, 0.29) is 11.9 Å². The predicted molar refractivity (Wildman–Crippen MR) is 73.8 cm³/mol. The summed E-state index contributed by atoms with van der Waals surface area (Å²) in [6.07, 6.45) is 2.89. The molecule has 0 bridgehead atoms. The molecular weight excluding hydrogens is 244 g/mol. The van der Waals surface area contributed by atoms with Crippen molar-refractivity contribution in [1.29, 1.82) is 0 Å². The van der Waals surface area contributed by atoms with Crippen molar-refractivity contribution in [2.75, 3.05) is 39.3 Å². The molecule has 0 aromatic carbocycles. The summed E-state index contributed by atoms with van der Waals surface area (Å²) in [5.41, 5.74) is 0. The number of hydrogen-bond donors (Lipinski definition) is 0. The van der Waals surface area contributed by atoms with E-state index in [1.54, 1.807) is 0 Å². The molecule has 0 saturated carbocycles. The largest absolute Gasteiger partial charge is 0.464 e. The molecule has 0 atom stereocenters. The second kappa shape index (κ2) is 8.91. The van der Waals surface area contributed by atoms with Gasteiger partial charge in [0.15, 0.2) is 0 Å². The van der Waals surface area contributed by atoms with Crippen LogP contribution in [0.1, 0.15) is 39.5 Å². The van der Waals surface area contributed by atoms with Crippen LogP contribution in [-0.4, -0.2) is 61.0 Å². The van der Waals surface area contributed by atoms with Crippen molar-refractivity contribution >= 4 is 11.9 Å². The first-order chi connectivity index (χ1) is 9.17. The highest BCUT2D eigenvalue weighted by atomic mass is 16.5. The summed E-state index contributed by atoms with van der Waals surface area (Å²) in [4.78, 5) is 27.1. The summed E-state index contributed by atoms with van der Waals surface area (Å²) in [5, 5.41) is 0. The lowest BCUT2D eigenvalue weighted by atomic mass is 10.2. The molecule has 0 unspecified atom stereocenters. The summed E-state index contributed by atoms with van der Waals surface area (Å²) >= 11 is 0. The molecule has 5 heteroatoms. The highest BCUT2D eigenvalue weighted by Crippen LogP contribution is 2.05. The van der Waals surface area contributed by atoms with E-state index in [0.717, 1.165) is 45.6 Å². The summed E-state index contributed by atoms with van der Waals surface area (Å²) in [6, 6.07) is 0. The molecular formula is C14H26N2O3. The highest BCUT2D eigenvalue weighted by Gasteiger charge is 2.20. The molecule has 1 heterocycles. The van der Waals surface area contributed by atoms with Crippen molar-refractivity contribution in [3.63, 3.8) is 0 Å². The standard InChI is InChI=1S/C14H26N2O3/c1-3-5-13(17)16-9-7-15(8-10-16)11-12-19-14(18)6-4-2/h3-12H2,1-2H3. The quantitative estimate of drug-likeness (QED) is 0.654. The van der Waals surface area contributed by atoms with Crippen molar-refractivity contribution < 1.29 is 14.3 Å². The molecule has 1 amide bonds. The van der Waals surface area contributed by atoms with Gasteiger partial charge in [0, 0.05) is 45.6 Å². The summed E-state index contributed by atoms with van der Waals surface area (Å²) in [5.74, 6) is 0.149. The zero-order valence-corrected chi connectivity index (χ0v) is 12.2. The highest BCUT2D eigenvalue weighted by molar-refractivity contribution is 5.76. The van der Waals surface area contributed by atoms with Gasteiger partial charge in [-0.3, -0.25) is 14.5 Å². The maximum absolute atomic E-state index is 11.7. The van der Waals surface area contributed by atoms with Crippen molar-refractivity contribution in [3.8, 4) is 0 Å². The van der Waals surface area contributed by atoms with Crippen LogP contribution in [0.4, 0.5) is 0 Å². The predicted octanol–water partition coefficient (Wildman–Crippen LogP) is 1.27. The lowest BCUT2D eigenvalue weighted by Crippen LogP contribution is -2.49. The molecule has 1 saturated heterocycles. The number of amides is 1. The van der Waals surface area contributed by atoms with Gasteiger partial charge in [-0.1, -0.05) is 13.8 Å². The van der Waals surface area contributed by atoms with Gasteiger partial charge in [0.05, 0.1) is 0 Å². The number of ether oxygens (including phenoxy) is 1. The van der Waals surface area contributed by atoms with Crippen LogP contribution >= 0.6 is 0 Å². The molecule has 0 spiro atoms. The van der Waals surface area contributed by atoms with Gasteiger partial charge in [-0.25, -0.2) is 0 Å². The summed E-state index contributed by atoms with van der Waals surface area (Å²) < 4.78 is 5.14. The first kappa shape index (κ1) is 16.0. The van der Waals surface area contributed by atoms with Crippen LogP contribution in [0.2, 0.25) is 0 Å². The van der Waals surface area contributed by atoms with Gasteiger partial charge >= 0.3 is 5.97 Å². The van der Waals surface area contributed by atoms with E-state index < -0.39 is 0 Å². The van der Waals surface area contributed by atoms with Gasteiger partial charge in [0.2, 0.25) is 5.91 Å². The second-order valence-corrected chi connectivity index (χ2v) is 4.94.